The molecule has 0 N–H and O–H groups in total. The largest absolute Gasteiger partial charge is 0.298 e. The Bertz CT molecular complexity index is 695. The van der Waals surface area contributed by atoms with Gasteiger partial charge in [-0.05, 0) is 41.5 Å². The van der Waals surface area contributed by atoms with E-state index in [0.29, 0.717) is 16.5 Å². The number of non-ortho nitro benzene ring substituents is 1. The van der Waals surface area contributed by atoms with Crippen molar-refractivity contribution in [1.29, 1.82) is 0 Å². The van der Waals surface area contributed by atoms with E-state index in [1.54, 1.807) is 23.6 Å². The first-order valence-electron chi connectivity index (χ1n) is 5.94. The predicted octanol–water partition coefficient (Wildman–Crippen LogP) is 2.31. The summed E-state index contributed by atoms with van der Waals surface area (Å²) in [6, 6.07) is 6.34. The van der Waals surface area contributed by atoms with E-state index in [2.05, 4.69) is 4.98 Å². The highest BCUT2D eigenvalue weighted by atomic mass is 127. The van der Waals surface area contributed by atoms with Gasteiger partial charge in [0.05, 0.1) is 20.5 Å². The van der Waals surface area contributed by atoms with Gasteiger partial charge in [-0.2, -0.15) is 0 Å². The molecule has 20 heavy (non-hydrogen) atoms. The summed E-state index contributed by atoms with van der Waals surface area (Å²) in [6.07, 6.45) is 2.16. The van der Waals surface area contributed by atoms with E-state index < -0.39 is 4.92 Å². The number of hydrogen-bond acceptors (Lipinski definition) is 4. The Morgan fingerprint density at radius 1 is 1.35 bits per heavy atom. The van der Waals surface area contributed by atoms with Crippen LogP contribution in [0.2, 0.25) is 0 Å². The summed E-state index contributed by atoms with van der Waals surface area (Å²) in [5.74, 6) is 0. The van der Waals surface area contributed by atoms with E-state index in [1.165, 1.54) is 18.5 Å². The van der Waals surface area contributed by atoms with Gasteiger partial charge in [0, 0.05) is 18.7 Å². The van der Waals surface area contributed by atoms with Crippen molar-refractivity contribution in [1.82, 2.24) is 9.55 Å². The van der Waals surface area contributed by atoms with Crippen molar-refractivity contribution in [2.24, 2.45) is 0 Å². The summed E-state index contributed by atoms with van der Waals surface area (Å²) in [5.41, 5.74) is 1.68. The van der Waals surface area contributed by atoms with E-state index in [4.69, 9.17) is 0 Å². The maximum Gasteiger partial charge on any atom is 0.269 e. The summed E-state index contributed by atoms with van der Waals surface area (Å²) >= 11 is 1.99. The van der Waals surface area contributed by atoms with Crippen LogP contribution in [0.15, 0.2) is 35.4 Å². The molecule has 0 unspecified atom stereocenters. The molecule has 6 nitrogen and oxygen atoms in total. The van der Waals surface area contributed by atoms with Gasteiger partial charge in [0.25, 0.3) is 11.2 Å². The van der Waals surface area contributed by atoms with Crippen LogP contribution in [0.3, 0.4) is 0 Å². The molecular weight excluding hydrogens is 373 g/mol. The number of aromatic nitrogens is 2. The molecule has 2 aromatic rings. The van der Waals surface area contributed by atoms with E-state index in [0.717, 1.165) is 11.3 Å². The molecule has 0 atom stereocenters. The summed E-state index contributed by atoms with van der Waals surface area (Å²) < 4.78 is 2.17. The maximum atomic E-state index is 12.0. The topological polar surface area (TPSA) is 78.0 Å². The summed E-state index contributed by atoms with van der Waals surface area (Å²) in [4.78, 5) is 26.3. The van der Waals surface area contributed by atoms with Crippen molar-refractivity contribution in [3.05, 3.63) is 65.9 Å². The molecule has 1 aromatic carbocycles. The van der Waals surface area contributed by atoms with Crippen LogP contribution in [-0.2, 0) is 13.0 Å². The summed E-state index contributed by atoms with van der Waals surface area (Å²) in [7, 11) is 0. The fraction of sp³-hybridized carbons (Fsp3) is 0.231. The van der Waals surface area contributed by atoms with Crippen molar-refractivity contribution >= 4 is 28.3 Å². The molecule has 0 amide bonds. The van der Waals surface area contributed by atoms with Gasteiger partial charge in [0.15, 0.2) is 0 Å². The first-order chi connectivity index (χ1) is 9.49. The van der Waals surface area contributed by atoms with E-state index in [1.807, 2.05) is 22.6 Å². The predicted molar refractivity (Wildman–Crippen MR) is 82.8 cm³/mol. The zero-order chi connectivity index (χ0) is 14.7. The van der Waals surface area contributed by atoms with Crippen LogP contribution in [0.5, 0.6) is 0 Å². The van der Waals surface area contributed by atoms with Gasteiger partial charge in [-0.15, -0.1) is 0 Å². The minimum absolute atomic E-state index is 0.0555. The average molecular weight is 385 g/mol. The highest BCUT2D eigenvalue weighted by Gasteiger charge is 2.07. The Morgan fingerprint density at radius 2 is 2.00 bits per heavy atom. The lowest BCUT2D eigenvalue weighted by Crippen LogP contribution is -2.24. The zero-order valence-corrected chi connectivity index (χ0v) is 12.9. The van der Waals surface area contributed by atoms with Crippen molar-refractivity contribution in [2.75, 3.05) is 0 Å². The molecular formula is C13H12IN3O3. The minimum Gasteiger partial charge on any atom is -0.298 e. The van der Waals surface area contributed by atoms with Crippen molar-refractivity contribution in [2.45, 2.75) is 19.9 Å². The molecule has 1 aromatic heterocycles. The van der Waals surface area contributed by atoms with E-state index >= 15 is 0 Å². The summed E-state index contributed by atoms with van der Waals surface area (Å²) in [5, 5.41) is 10.6. The van der Waals surface area contributed by atoms with E-state index in [9.17, 15) is 14.9 Å². The normalized spacial score (nSPS) is 10.5. The van der Waals surface area contributed by atoms with Crippen LogP contribution in [0.1, 0.15) is 11.3 Å². The number of hydrogen-bond donors (Lipinski definition) is 0. The number of rotatable bonds is 4. The van der Waals surface area contributed by atoms with Crippen LogP contribution in [0, 0.1) is 20.6 Å². The SMILES string of the molecule is Cc1ncn(CCc2ccc([N+](=O)[O-])cc2)c(=O)c1I. The molecule has 0 aliphatic heterocycles. The Kier molecular flexibility index (Phi) is 4.48. The number of nitro groups is 1. The minimum atomic E-state index is -0.430. The lowest BCUT2D eigenvalue weighted by Gasteiger charge is -2.07. The second-order valence-electron chi connectivity index (χ2n) is 4.32. The molecule has 0 radical (unpaired) electrons. The van der Waals surface area contributed by atoms with Gasteiger partial charge in [0.2, 0.25) is 0 Å². The van der Waals surface area contributed by atoms with Crippen LogP contribution >= 0.6 is 22.6 Å². The Labute approximate surface area is 128 Å². The summed E-state index contributed by atoms with van der Waals surface area (Å²) in [6.45, 7) is 2.30. The van der Waals surface area contributed by atoms with Gasteiger partial charge in [0.1, 0.15) is 0 Å². The number of aryl methyl sites for hydroxylation is 3. The van der Waals surface area contributed by atoms with Crippen LogP contribution < -0.4 is 5.56 Å². The van der Waals surface area contributed by atoms with Gasteiger partial charge in [-0.3, -0.25) is 19.5 Å². The smallest absolute Gasteiger partial charge is 0.269 e. The number of nitro benzene ring substituents is 1. The first-order valence-corrected chi connectivity index (χ1v) is 7.02. The molecule has 2 rings (SSSR count). The molecule has 1 heterocycles. The van der Waals surface area contributed by atoms with Gasteiger partial charge < -0.3 is 0 Å². The lowest BCUT2D eigenvalue weighted by molar-refractivity contribution is -0.384. The number of halogens is 1. The van der Waals surface area contributed by atoms with Gasteiger partial charge >= 0.3 is 0 Å². The van der Waals surface area contributed by atoms with Crippen LogP contribution in [0.4, 0.5) is 5.69 Å². The quantitative estimate of drug-likeness (QED) is 0.460. The van der Waals surface area contributed by atoms with Crippen molar-refractivity contribution in [3.8, 4) is 0 Å². The molecule has 0 bridgehead atoms. The average Bonchev–Trinajstić information content (AvgIpc) is 2.44. The molecule has 0 fully saturated rings. The van der Waals surface area contributed by atoms with Crippen LogP contribution in [0.25, 0.3) is 0 Å². The lowest BCUT2D eigenvalue weighted by atomic mass is 10.1. The Morgan fingerprint density at radius 3 is 2.60 bits per heavy atom. The highest BCUT2D eigenvalue weighted by Crippen LogP contribution is 2.12. The number of benzene rings is 1. The fourth-order valence-electron chi connectivity index (χ4n) is 1.74. The Hall–Kier alpha value is -1.77. The third-order valence-corrected chi connectivity index (χ3v) is 4.19. The third-order valence-electron chi connectivity index (χ3n) is 2.95. The monoisotopic (exact) mass is 385 g/mol. The highest BCUT2D eigenvalue weighted by molar-refractivity contribution is 14.1. The molecule has 104 valence electrons. The molecule has 0 saturated carbocycles. The maximum absolute atomic E-state index is 12.0. The second kappa shape index (κ2) is 6.12. The third kappa shape index (κ3) is 3.21. The Balaban J connectivity index is 2.11. The number of nitrogens with zero attached hydrogens (tertiary/aromatic N) is 3. The van der Waals surface area contributed by atoms with Crippen molar-refractivity contribution in [3.63, 3.8) is 0 Å². The van der Waals surface area contributed by atoms with Gasteiger partial charge in [-0.25, -0.2) is 4.98 Å². The molecule has 0 aliphatic rings. The second-order valence-corrected chi connectivity index (χ2v) is 5.39. The van der Waals surface area contributed by atoms with Crippen molar-refractivity contribution < 1.29 is 4.92 Å². The first kappa shape index (κ1) is 14.6. The van der Waals surface area contributed by atoms with E-state index in [-0.39, 0.29) is 11.2 Å². The van der Waals surface area contributed by atoms with Crippen LogP contribution in [-0.4, -0.2) is 14.5 Å². The molecule has 0 spiro atoms. The molecule has 7 heteroatoms. The molecule has 0 saturated heterocycles. The fourth-order valence-corrected chi connectivity index (χ4v) is 2.19. The standard InChI is InChI=1S/C13H12IN3O3/c1-9-12(14)13(18)16(8-15-9)7-6-10-2-4-11(5-3-10)17(19)20/h2-5,8H,6-7H2,1H3. The zero-order valence-electron chi connectivity index (χ0n) is 10.7. The van der Waals surface area contributed by atoms with Gasteiger partial charge in [-0.1, -0.05) is 12.1 Å². The molecule has 0 aliphatic carbocycles.